The number of hydrogen-bond acceptors (Lipinski definition) is 10. The Morgan fingerprint density at radius 2 is 1.45 bits per heavy atom. The van der Waals surface area contributed by atoms with E-state index in [2.05, 4.69) is 25.8 Å². The summed E-state index contributed by atoms with van der Waals surface area (Å²) in [5.74, 6) is -1.01. The van der Waals surface area contributed by atoms with E-state index in [9.17, 15) is 31.3 Å². The molecular formula is C28H27N5O7S2. The molecule has 0 saturated heterocycles. The van der Waals surface area contributed by atoms with Crippen molar-refractivity contribution >= 4 is 65.1 Å². The second kappa shape index (κ2) is 11.8. The third kappa shape index (κ3) is 6.51. The summed E-state index contributed by atoms with van der Waals surface area (Å²) in [6.07, 6.45) is 0. The molecule has 0 radical (unpaired) electrons. The number of aryl methyl sites for hydroxylation is 2. The molecule has 1 amide bonds. The van der Waals surface area contributed by atoms with Crippen molar-refractivity contribution in [2.45, 2.75) is 37.5 Å². The first kappa shape index (κ1) is 30.4. The number of aromatic hydroxyl groups is 1. The van der Waals surface area contributed by atoms with Crippen LogP contribution in [-0.2, 0) is 24.7 Å². The van der Waals surface area contributed by atoms with Gasteiger partial charge in [0.05, 0.1) is 33.4 Å². The van der Waals surface area contributed by atoms with Crippen LogP contribution in [0, 0.1) is 13.8 Å². The quantitative estimate of drug-likeness (QED) is 0.142. The molecule has 4 aromatic carbocycles. The van der Waals surface area contributed by atoms with Gasteiger partial charge in [-0.25, -0.2) is 8.42 Å². The number of amides is 1. The summed E-state index contributed by atoms with van der Waals surface area (Å²) >= 11 is 0. The minimum Gasteiger partial charge on any atom is -0.505 e. The average Bonchev–Trinajstić information content (AvgIpc) is 2.92. The van der Waals surface area contributed by atoms with Crippen LogP contribution in [0.2, 0.25) is 0 Å². The fourth-order valence-corrected chi connectivity index (χ4v) is 5.63. The Labute approximate surface area is 242 Å². The summed E-state index contributed by atoms with van der Waals surface area (Å²) in [6, 6.07) is 15.1. The second-order valence-electron chi connectivity index (χ2n) is 9.35. The van der Waals surface area contributed by atoms with Gasteiger partial charge in [-0.3, -0.25) is 9.35 Å². The van der Waals surface area contributed by atoms with E-state index >= 15 is 0 Å². The molecule has 0 aliphatic heterocycles. The van der Waals surface area contributed by atoms with E-state index < -0.39 is 42.2 Å². The minimum atomic E-state index is -4.82. The van der Waals surface area contributed by atoms with Crippen LogP contribution in [0.15, 0.2) is 90.9 Å². The number of benzene rings is 4. The van der Waals surface area contributed by atoms with Crippen molar-refractivity contribution in [2.24, 2.45) is 20.5 Å². The first-order chi connectivity index (χ1) is 19.7. The van der Waals surface area contributed by atoms with Gasteiger partial charge in [0.1, 0.15) is 10.6 Å². The van der Waals surface area contributed by atoms with Gasteiger partial charge in [0.2, 0.25) is 5.91 Å². The topological polar surface area (TPSA) is 187 Å². The Kier molecular flexibility index (Phi) is 8.52. The van der Waals surface area contributed by atoms with Gasteiger partial charge in [0, 0.05) is 12.3 Å². The van der Waals surface area contributed by atoms with Crippen LogP contribution in [0.3, 0.4) is 0 Å². The van der Waals surface area contributed by atoms with Crippen LogP contribution >= 0.6 is 0 Å². The van der Waals surface area contributed by atoms with Crippen LogP contribution in [0.5, 0.6) is 5.75 Å². The number of rotatable bonds is 8. The lowest BCUT2D eigenvalue weighted by molar-refractivity contribution is -0.114. The molecule has 3 N–H and O–H groups in total. The maximum atomic E-state index is 12.2. The summed E-state index contributed by atoms with van der Waals surface area (Å²) in [4.78, 5) is 11.2. The van der Waals surface area contributed by atoms with Crippen LogP contribution in [0.25, 0.3) is 10.8 Å². The van der Waals surface area contributed by atoms with Crippen molar-refractivity contribution in [3.63, 3.8) is 0 Å². The van der Waals surface area contributed by atoms with E-state index in [4.69, 9.17) is 0 Å². The number of phenolic OH excluding ortho intramolecular Hbond substituents is 1. The summed E-state index contributed by atoms with van der Waals surface area (Å²) in [5.41, 5.74) is 2.25. The van der Waals surface area contributed by atoms with Crippen LogP contribution in [-0.4, -0.2) is 38.2 Å². The summed E-state index contributed by atoms with van der Waals surface area (Å²) in [6.45, 7) is 6.32. The smallest absolute Gasteiger partial charge is 0.296 e. The number of carbonyl (C=O) groups excluding carboxylic acids is 1. The van der Waals surface area contributed by atoms with E-state index in [1.165, 1.54) is 31.2 Å². The first-order valence-electron chi connectivity index (χ1n) is 12.5. The van der Waals surface area contributed by atoms with Crippen molar-refractivity contribution in [1.29, 1.82) is 0 Å². The Balaban J connectivity index is 1.72. The Hall–Kier alpha value is -4.53. The van der Waals surface area contributed by atoms with Gasteiger partial charge in [-0.2, -0.15) is 23.8 Å². The molecule has 218 valence electrons. The van der Waals surface area contributed by atoms with Crippen molar-refractivity contribution in [2.75, 3.05) is 11.1 Å². The zero-order valence-electron chi connectivity index (χ0n) is 23.0. The highest BCUT2D eigenvalue weighted by Gasteiger charge is 2.23. The van der Waals surface area contributed by atoms with Crippen molar-refractivity contribution in [3.05, 3.63) is 71.8 Å². The molecule has 14 heteroatoms. The van der Waals surface area contributed by atoms with E-state index in [0.717, 1.165) is 6.07 Å². The molecule has 0 bridgehead atoms. The number of carbonyl (C=O) groups is 1. The second-order valence-corrected chi connectivity index (χ2v) is 13.0. The number of azo groups is 2. The van der Waals surface area contributed by atoms with E-state index in [-0.39, 0.29) is 27.1 Å². The lowest BCUT2D eigenvalue weighted by atomic mass is 10.1. The van der Waals surface area contributed by atoms with Gasteiger partial charge in [-0.1, -0.05) is 19.1 Å². The third-order valence-electron chi connectivity index (χ3n) is 6.29. The van der Waals surface area contributed by atoms with Gasteiger partial charge in [-0.05, 0) is 78.9 Å². The monoisotopic (exact) mass is 609 g/mol. The molecule has 0 aliphatic rings. The van der Waals surface area contributed by atoms with Crippen molar-refractivity contribution < 1.29 is 31.3 Å². The van der Waals surface area contributed by atoms with E-state index in [0.29, 0.717) is 28.2 Å². The number of hydrogen-bond donors (Lipinski definition) is 3. The Morgan fingerprint density at radius 3 is 2.00 bits per heavy atom. The van der Waals surface area contributed by atoms with Crippen molar-refractivity contribution in [1.82, 2.24) is 0 Å². The molecule has 0 unspecified atom stereocenters. The molecule has 42 heavy (non-hydrogen) atoms. The van der Waals surface area contributed by atoms with Crippen LogP contribution in [0.1, 0.15) is 25.0 Å². The molecule has 12 nitrogen and oxygen atoms in total. The van der Waals surface area contributed by atoms with E-state index in [1.807, 2.05) is 0 Å². The standard InChI is InChI=1S/C28H27N5O7S2/c1-5-41(36,37)21-11-9-20(10-12-21)30-31-23-13-17(3)24(14-16(23)2)32-33-27-25(42(38,39)40)15-19-7-6-8-22(29-18(4)34)26(19)28(27)35/h6-15,35H,5H2,1-4H3,(H,29,34)(H,38,39,40). The van der Waals surface area contributed by atoms with Gasteiger partial charge in [0.25, 0.3) is 10.1 Å². The largest absolute Gasteiger partial charge is 0.505 e. The highest BCUT2D eigenvalue weighted by molar-refractivity contribution is 7.91. The highest BCUT2D eigenvalue weighted by Crippen LogP contribution is 2.44. The molecule has 4 aromatic rings. The van der Waals surface area contributed by atoms with Crippen LogP contribution < -0.4 is 5.32 Å². The zero-order chi connectivity index (χ0) is 30.8. The number of fused-ring (bicyclic) bond motifs is 1. The highest BCUT2D eigenvalue weighted by atomic mass is 32.2. The molecule has 4 rings (SSSR count). The molecule has 0 heterocycles. The van der Waals surface area contributed by atoms with Gasteiger partial charge in [0.15, 0.2) is 15.6 Å². The number of sulfone groups is 1. The number of anilines is 1. The summed E-state index contributed by atoms with van der Waals surface area (Å²) in [7, 11) is -8.15. The molecule has 0 aromatic heterocycles. The first-order valence-corrected chi connectivity index (χ1v) is 15.6. The predicted molar refractivity (Wildman–Crippen MR) is 158 cm³/mol. The van der Waals surface area contributed by atoms with E-state index in [1.54, 1.807) is 51.1 Å². The Morgan fingerprint density at radius 1 is 0.857 bits per heavy atom. The lowest BCUT2D eigenvalue weighted by Gasteiger charge is -2.13. The van der Waals surface area contributed by atoms with Gasteiger partial charge < -0.3 is 10.4 Å². The molecule has 0 atom stereocenters. The number of nitrogens with one attached hydrogen (secondary N) is 1. The summed E-state index contributed by atoms with van der Waals surface area (Å²) in [5, 5.41) is 30.6. The molecule has 0 aliphatic carbocycles. The maximum Gasteiger partial charge on any atom is 0.296 e. The minimum absolute atomic E-state index is 0.00819. The average molecular weight is 610 g/mol. The zero-order valence-corrected chi connectivity index (χ0v) is 24.7. The number of phenols is 1. The Bertz CT molecular complexity index is 1990. The normalized spacial score (nSPS) is 12.4. The predicted octanol–water partition coefficient (Wildman–Crippen LogP) is 6.99. The number of nitrogens with zero attached hydrogens (tertiary/aromatic N) is 4. The SMILES string of the molecule is CCS(=O)(=O)c1ccc(N=Nc2cc(C)c(N=Nc3c(S(=O)(=O)O)cc4cccc(NC(C)=O)c4c3O)cc2C)cc1. The fourth-order valence-electron chi connectivity index (χ4n) is 4.09. The summed E-state index contributed by atoms with van der Waals surface area (Å²) < 4.78 is 58.2. The molecule has 0 fully saturated rings. The fraction of sp³-hybridized carbons (Fsp3) is 0.179. The molecule has 0 saturated carbocycles. The molecular weight excluding hydrogens is 582 g/mol. The third-order valence-corrected chi connectivity index (χ3v) is 8.91. The van der Waals surface area contributed by atoms with Gasteiger partial charge >= 0.3 is 0 Å². The van der Waals surface area contributed by atoms with Crippen molar-refractivity contribution in [3.8, 4) is 5.75 Å². The molecule has 0 spiro atoms. The maximum absolute atomic E-state index is 12.2. The van der Waals surface area contributed by atoms with Gasteiger partial charge in [-0.15, -0.1) is 5.11 Å². The lowest BCUT2D eigenvalue weighted by Crippen LogP contribution is -2.06. The van der Waals surface area contributed by atoms with Crippen LogP contribution in [0.4, 0.5) is 28.4 Å².